The summed E-state index contributed by atoms with van der Waals surface area (Å²) in [4.78, 5) is 25.5. The molecule has 5 fully saturated rings. The van der Waals surface area contributed by atoms with Gasteiger partial charge in [0.25, 0.3) is 0 Å². The lowest BCUT2D eigenvalue weighted by atomic mass is 9.49. The summed E-state index contributed by atoms with van der Waals surface area (Å²) in [6.07, 6.45) is 7.98. The first-order chi connectivity index (χ1) is 9.13. The van der Waals surface area contributed by atoms with Crippen molar-refractivity contribution in [2.24, 2.45) is 23.2 Å². The molecule has 0 atom stereocenters. The van der Waals surface area contributed by atoms with Gasteiger partial charge in [0, 0.05) is 6.54 Å². The molecule has 0 aromatic heterocycles. The van der Waals surface area contributed by atoms with E-state index in [1.807, 2.05) is 0 Å². The van der Waals surface area contributed by atoms with Gasteiger partial charge in [-0.25, -0.2) is 0 Å². The quantitative estimate of drug-likeness (QED) is 0.760. The summed E-state index contributed by atoms with van der Waals surface area (Å²) in [5.41, 5.74) is 0.275. The maximum atomic E-state index is 12.0. The van der Waals surface area contributed by atoms with Gasteiger partial charge in [-0.2, -0.15) is 0 Å². The predicted octanol–water partition coefficient (Wildman–Crippen LogP) is 1.16. The molecule has 4 bridgehead atoms. The van der Waals surface area contributed by atoms with E-state index in [2.05, 4.69) is 5.32 Å². The van der Waals surface area contributed by atoms with Crippen LogP contribution in [-0.2, 0) is 9.59 Å². The van der Waals surface area contributed by atoms with Gasteiger partial charge in [0.2, 0.25) is 11.8 Å². The molecule has 0 radical (unpaired) electrons. The highest BCUT2D eigenvalue weighted by atomic mass is 16.2. The number of piperazine rings is 1. The average molecular weight is 262 g/mol. The van der Waals surface area contributed by atoms with Crippen LogP contribution in [0.15, 0.2) is 0 Å². The molecule has 5 rings (SSSR count). The maximum absolute atomic E-state index is 12.0. The molecule has 4 nitrogen and oxygen atoms in total. The summed E-state index contributed by atoms with van der Waals surface area (Å²) in [5.74, 6) is 2.58. The first-order valence-corrected chi connectivity index (χ1v) is 7.67. The van der Waals surface area contributed by atoms with Crippen LogP contribution in [0.1, 0.15) is 38.5 Å². The van der Waals surface area contributed by atoms with E-state index in [1.54, 1.807) is 4.90 Å². The maximum Gasteiger partial charge on any atom is 0.243 e. The Bertz CT molecular complexity index is 381. The molecule has 4 heteroatoms. The normalized spacial score (nSPS) is 45.1. The molecular weight excluding hydrogens is 240 g/mol. The van der Waals surface area contributed by atoms with Crippen molar-refractivity contribution in [3.05, 3.63) is 0 Å². The van der Waals surface area contributed by atoms with Crippen molar-refractivity contribution in [2.75, 3.05) is 19.6 Å². The number of carbonyl (C=O) groups excluding carboxylic acids is 2. The predicted molar refractivity (Wildman–Crippen MR) is 70.2 cm³/mol. The second kappa shape index (κ2) is 4.05. The van der Waals surface area contributed by atoms with Crippen molar-refractivity contribution in [2.45, 2.75) is 38.5 Å². The van der Waals surface area contributed by atoms with Crippen LogP contribution in [0.4, 0.5) is 0 Å². The van der Waals surface area contributed by atoms with Gasteiger partial charge in [-0.05, 0) is 61.7 Å². The number of hydrogen-bond donors (Lipinski definition) is 1. The van der Waals surface area contributed by atoms with Crippen LogP contribution in [0.25, 0.3) is 0 Å². The Morgan fingerprint density at radius 1 is 0.947 bits per heavy atom. The Balaban J connectivity index is 1.55. The minimum Gasteiger partial charge on any atom is -0.300 e. The van der Waals surface area contributed by atoms with Gasteiger partial charge in [-0.1, -0.05) is 0 Å². The summed E-state index contributed by atoms with van der Waals surface area (Å²) in [7, 11) is 0. The zero-order chi connectivity index (χ0) is 13.0. The van der Waals surface area contributed by atoms with Crippen molar-refractivity contribution in [1.82, 2.24) is 10.2 Å². The molecule has 4 saturated carbocycles. The van der Waals surface area contributed by atoms with Crippen LogP contribution in [0.3, 0.4) is 0 Å². The van der Waals surface area contributed by atoms with Crippen molar-refractivity contribution in [1.29, 1.82) is 0 Å². The van der Waals surface area contributed by atoms with Crippen LogP contribution in [0.2, 0.25) is 0 Å². The molecule has 0 aromatic carbocycles. The van der Waals surface area contributed by atoms with Crippen LogP contribution in [-0.4, -0.2) is 36.3 Å². The second-order valence-electron chi connectivity index (χ2n) is 7.39. The first-order valence-electron chi connectivity index (χ1n) is 7.67. The Hall–Kier alpha value is -0.900. The number of amides is 2. The second-order valence-corrected chi connectivity index (χ2v) is 7.39. The van der Waals surface area contributed by atoms with Crippen LogP contribution in [0.5, 0.6) is 0 Å². The van der Waals surface area contributed by atoms with Crippen molar-refractivity contribution in [3.8, 4) is 0 Å². The van der Waals surface area contributed by atoms with E-state index in [0.29, 0.717) is 19.6 Å². The Morgan fingerprint density at radius 2 is 1.42 bits per heavy atom. The topological polar surface area (TPSA) is 49.4 Å². The van der Waals surface area contributed by atoms with Gasteiger partial charge < -0.3 is 0 Å². The minimum atomic E-state index is -0.0213. The zero-order valence-corrected chi connectivity index (χ0v) is 11.4. The van der Waals surface area contributed by atoms with Gasteiger partial charge in [-0.15, -0.1) is 0 Å². The van der Waals surface area contributed by atoms with Gasteiger partial charge in [0.05, 0.1) is 13.1 Å². The summed E-state index contributed by atoms with van der Waals surface area (Å²) in [6, 6.07) is 0. The molecule has 19 heavy (non-hydrogen) atoms. The van der Waals surface area contributed by atoms with E-state index in [0.717, 1.165) is 17.8 Å². The molecule has 0 aromatic rings. The largest absolute Gasteiger partial charge is 0.300 e. The third kappa shape index (κ3) is 1.92. The summed E-state index contributed by atoms with van der Waals surface area (Å²) in [6.45, 7) is 1.37. The Morgan fingerprint density at radius 3 is 1.89 bits per heavy atom. The molecule has 0 spiro atoms. The molecule has 5 aliphatic rings. The molecular formula is C15H22N2O2. The third-order valence-electron chi connectivity index (χ3n) is 5.81. The highest BCUT2D eigenvalue weighted by Gasteiger charge is 2.52. The number of imide groups is 1. The van der Waals surface area contributed by atoms with Crippen LogP contribution < -0.4 is 5.32 Å². The van der Waals surface area contributed by atoms with Gasteiger partial charge in [0.1, 0.15) is 0 Å². The van der Waals surface area contributed by atoms with Crippen molar-refractivity contribution in [3.63, 3.8) is 0 Å². The third-order valence-corrected chi connectivity index (χ3v) is 5.81. The smallest absolute Gasteiger partial charge is 0.243 e. The summed E-state index contributed by atoms with van der Waals surface area (Å²) in [5, 5.41) is 2.88. The van der Waals surface area contributed by atoms with Crippen LogP contribution in [0, 0.1) is 23.2 Å². The monoisotopic (exact) mass is 262 g/mol. The Kier molecular flexibility index (Phi) is 2.53. The summed E-state index contributed by atoms with van der Waals surface area (Å²) >= 11 is 0. The van der Waals surface area contributed by atoms with Gasteiger partial charge >= 0.3 is 0 Å². The SMILES string of the molecule is O=C1CNCC(=O)N1CC12CC3CC(CC(C3)C1)C2. The number of nitrogens with zero attached hydrogens (tertiary/aromatic N) is 1. The zero-order valence-electron chi connectivity index (χ0n) is 11.4. The van der Waals surface area contributed by atoms with Crippen molar-refractivity contribution >= 4 is 11.8 Å². The fraction of sp³-hybridized carbons (Fsp3) is 0.867. The highest BCUT2D eigenvalue weighted by Crippen LogP contribution is 2.60. The summed E-state index contributed by atoms with van der Waals surface area (Å²) < 4.78 is 0. The number of hydrogen-bond acceptors (Lipinski definition) is 3. The molecule has 104 valence electrons. The average Bonchev–Trinajstić information content (AvgIpc) is 2.32. The van der Waals surface area contributed by atoms with E-state index in [4.69, 9.17) is 0 Å². The van der Waals surface area contributed by atoms with Crippen LogP contribution >= 0.6 is 0 Å². The molecule has 2 amide bonds. The lowest BCUT2D eigenvalue weighted by molar-refractivity contribution is -0.152. The highest BCUT2D eigenvalue weighted by molar-refractivity contribution is 5.99. The first kappa shape index (κ1) is 11.9. The molecule has 4 aliphatic carbocycles. The molecule has 1 heterocycles. The van der Waals surface area contributed by atoms with Crippen molar-refractivity contribution < 1.29 is 9.59 Å². The lowest BCUT2D eigenvalue weighted by Crippen LogP contribution is -2.58. The van der Waals surface area contributed by atoms with E-state index >= 15 is 0 Å². The molecule has 1 N–H and O–H groups in total. The molecule has 1 aliphatic heterocycles. The number of carbonyl (C=O) groups is 2. The Labute approximate surface area is 113 Å². The lowest BCUT2D eigenvalue weighted by Gasteiger charge is -2.57. The standard InChI is InChI=1S/C15H22N2O2/c18-13-7-16-8-14(19)17(13)9-15-4-10-1-11(5-15)3-12(2-10)6-15/h10-12,16H,1-9H2. The number of rotatable bonds is 2. The van der Waals surface area contributed by atoms with E-state index in [1.165, 1.54) is 38.5 Å². The molecule has 1 saturated heterocycles. The fourth-order valence-corrected chi connectivity index (χ4v) is 5.60. The fourth-order valence-electron chi connectivity index (χ4n) is 5.60. The van der Waals surface area contributed by atoms with Gasteiger partial charge in [0.15, 0.2) is 0 Å². The van der Waals surface area contributed by atoms with E-state index in [-0.39, 0.29) is 17.2 Å². The molecule has 0 unspecified atom stereocenters. The van der Waals surface area contributed by atoms with E-state index < -0.39 is 0 Å². The van der Waals surface area contributed by atoms with Gasteiger partial charge in [-0.3, -0.25) is 19.8 Å². The minimum absolute atomic E-state index is 0.0213. The number of nitrogens with one attached hydrogen (secondary N) is 1. The van der Waals surface area contributed by atoms with E-state index in [9.17, 15) is 9.59 Å².